The van der Waals surface area contributed by atoms with Crippen molar-refractivity contribution in [2.24, 2.45) is 11.8 Å². The summed E-state index contributed by atoms with van der Waals surface area (Å²) in [4.78, 5) is 20.8. The highest BCUT2D eigenvalue weighted by Gasteiger charge is 2.13. The van der Waals surface area contributed by atoms with Crippen LogP contribution in [0.4, 0.5) is 5.82 Å². The highest BCUT2D eigenvalue weighted by molar-refractivity contribution is 7.98. The van der Waals surface area contributed by atoms with Crippen LogP contribution in [0.5, 0.6) is 0 Å². The number of aromatic nitrogens is 4. The van der Waals surface area contributed by atoms with Gasteiger partial charge in [0.1, 0.15) is 5.82 Å². The van der Waals surface area contributed by atoms with Gasteiger partial charge in [-0.15, -0.1) is 0 Å². The van der Waals surface area contributed by atoms with Gasteiger partial charge in [-0.3, -0.25) is 4.79 Å². The molecular formula is C16H26N6OS. The SMILES string of the molecule is CSc1nc(NCC(C)C)c2cnn(CCNC(=O)C(C)C)c2n1. The number of carbonyl (C=O) groups is 1. The molecule has 0 aromatic carbocycles. The molecule has 7 nitrogen and oxygen atoms in total. The number of anilines is 1. The highest BCUT2D eigenvalue weighted by atomic mass is 32.2. The van der Waals surface area contributed by atoms with Gasteiger partial charge in [0.2, 0.25) is 5.91 Å². The molecule has 0 saturated heterocycles. The quantitative estimate of drug-likeness (QED) is 0.562. The maximum atomic E-state index is 11.7. The van der Waals surface area contributed by atoms with Crippen LogP contribution in [-0.2, 0) is 11.3 Å². The summed E-state index contributed by atoms with van der Waals surface area (Å²) in [7, 11) is 0. The van der Waals surface area contributed by atoms with Crippen LogP contribution in [0, 0.1) is 11.8 Å². The maximum Gasteiger partial charge on any atom is 0.222 e. The van der Waals surface area contributed by atoms with E-state index in [1.807, 2.05) is 24.8 Å². The fourth-order valence-corrected chi connectivity index (χ4v) is 2.48. The molecule has 2 heterocycles. The molecule has 0 aliphatic heterocycles. The number of hydrogen-bond donors (Lipinski definition) is 2. The molecule has 0 spiro atoms. The second kappa shape index (κ2) is 8.32. The second-order valence-corrected chi connectivity index (χ2v) is 7.16. The minimum absolute atomic E-state index is 0.0170. The molecule has 1 amide bonds. The Morgan fingerprint density at radius 2 is 2.04 bits per heavy atom. The molecule has 0 unspecified atom stereocenters. The lowest BCUT2D eigenvalue weighted by Gasteiger charge is -2.11. The van der Waals surface area contributed by atoms with Crippen LogP contribution in [0.2, 0.25) is 0 Å². The van der Waals surface area contributed by atoms with E-state index < -0.39 is 0 Å². The minimum Gasteiger partial charge on any atom is -0.369 e. The van der Waals surface area contributed by atoms with Gasteiger partial charge >= 0.3 is 0 Å². The largest absolute Gasteiger partial charge is 0.369 e. The maximum absolute atomic E-state index is 11.7. The number of fused-ring (bicyclic) bond motifs is 1. The molecule has 0 aliphatic carbocycles. The van der Waals surface area contributed by atoms with Crippen LogP contribution in [0.3, 0.4) is 0 Å². The first kappa shape index (κ1) is 18.5. The van der Waals surface area contributed by atoms with E-state index in [2.05, 4.69) is 39.5 Å². The van der Waals surface area contributed by atoms with Gasteiger partial charge in [-0.25, -0.2) is 14.6 Å². The summed E-state index contributed by atoms with van der Waals surface area (Å²) in [6.45, 7) is 10.0. The molecule has 0 bridgehead atoms. The summed E-state index contributed by atoms with van der Waals surface area (Å²) in [6.07, 6.45) is 3.74. The van der Waals surface area contributed by atoms with E-state index in [1.54, 1.807) is 6.20 Å². The Labute approximate surface area is 147 Å². The number of hydrogen-bond acceptors (Lipinski definition) is 6. The molecule has 24 heavy (non-hydrogen) atoms. The molecular weight excluding hydrogens is 324 g/mol. The van der Waals surface area contributed by atoms with Crippen LogP contribution in [0.15, 0.2) is 11.4 Å². The Morgan fingerprint density at radius 1 is 1.29 bits per heavy atom. The van der Waals surface area contributed by atoms with E-state index in [4.69, 9.17) is 0 Å². The molecule has 0 radical (unpaired) electrons. The van der Waals surface area contributed by atoms with E-state index in [0.717, 1.165) is 23.4 Å². The zero-order valence-corrected chi connectivity index (χ0v) is 15.8. The second-order valence-electron chi connectivity index (χ2n) is 6.38. The average molecular weight is 350 g/mol. The third kappa shape index (κ3) is 4.59. The summed E-state index contributed by atoms with van der Waals surface area (Å²) in [5.41, 5.74) is 0.791. The van der Waals surface area contributed by atoms with E-state index in [-0.39, 0.29) is 11.8 Å². The summed E-state index contributed by atoms with van der Waals surface area (Å²) < 4.78 is 1.82. The van der Waals surface area contributed by atoms with Gasteiger partial charge in [0.05, 0.1) is 18.1 Å². The highest BCUT2D eigenvalue weighted by Crippen LogP contribution is 2.23. The van der Waals surface area contributed by atoms with E-state index >= 15 is 0 Å². The minimum atomic E-state index is -0.0170. The van der Waals surface area contributed by atoms with Crippen molar-refractivity contribution in [1.29, 1.82) is 0 Å². The van der Waals surface area contributed by atoms with E-state index in [9.17, 15) is 4.79 Å². The molecule has 0 saturated carbocycles. The molecule has 8 heteroatoms. The molecule has 2 aromatic heterocycles. The Morgan fingerprint density at radius 3 is 2.67 bits per heavy atom. The fourth-order valence-electron chi connectivity index (χ4n) is 2.11. The van der Waals surface area contributed by atoms with Crippen LogP contribution >= 0.6 is 11.8 Å². The number of thioether (sulfide) groups is 1. The van der Waals surface area contributed by atoms with Crippen LogP contribution in [-0.4, -0.2) is 45.0 Å². The number of rotatable bonds is 8. The van der Waals surface area contributed by atoms with Crippen molar-refractivity contribution in [3.05, 3.63) is 6.20 Å². The standard InChI is InChI=1S/C16H26N6OS/c1-10(2)8-18-13-12-9-19-22(7-6-17-15(23)11(3)4)14(12)21-16(20-13)24-5/h9-11H,6-8H2,1-5H3,(H,17,23)(H,18,20,21). The first-order valence-electron chi connectivity index (χ1n) is 8.21. The van der Waals surface area contributed by atoms with Gasteiger partial charge in [-0.2, -0.15) is 5.10 Å². The summed E-state index contributed by atoms with van der Waals surface area (Å²) >= 11 is 1.50. The Balaban J connectivity index is 2.19. The topological polar surface area (TPSA) is 84.7 Å². The van der Waals surface area contributed by atoms with Gasteiger partial charge in [0.25, 0.3) is 0 Å². The van der Waals surface area contributed by atoms with Crippen molar-refractivity contribution in [2.75, 3.05) is 24.7 Å². The summed E-state index contributed by atoms with van der Waals surface area (Å²) in [5.74, 6) is 1.37. The van der Waals surface area contributed by atoms with Crippen LogP contribution < -0.4 is 10.6 Å². The van der Waals surface area contributed by atoms with Crippen LogP contribution in [0.25, 0.3) is 11.0 Å². The van der Waals surface area contributed by atoms with Crippen molar-refractivity contribution < 1.29 is 4.79 Å². The van der Waals surface area contributed by atoms with Crippen molar-refractivity contribution >= 4 is 34.5 Å². The third-order valence-corrected chi connectivity index (χ3v) is 4.03. The lowest BCUT2D eigenvalue weighted by atomic mass is 10.2. The molecule has 2 N–H and O–H groups in total. The van der Waals surface area contributed by atoms with Gasteiger partial charge < -0.3 is 10.6 Å². The normalized spacial score (nSPS) is 11.5. The smallest absolute Gasteiger partial charge is 0.222 e. The fraction of sp³-hybridized carbons (Fsp3) is 0.625. The van der Waals surface area contributed by atoms with Gasteiger partial charge in [0, 0.05) is 19.0 Å². The summed E-state index contributed by atoms with van der Waals surface area (Å²) in [5, 5.41) is 12.3. The van der Waals surface area contributed by atoms with Crippen molar-refractivity contribution in [1.82, 2.24) is 25.1 Å². The Bertz CT molecular complexity index is 697. The predicted molar refractivity (Wildman–Crippen MR) is 98.3 cm³/mol. The monoisotopic (exact) mass is 350 g/mol. The molecule has 0 aliphatic rings. The first-order chi connectivity index (χ1) is 11.4. The summed E-state index contributed by atoms with van der Waals surface area (Å²) in [6, 6.07) is 0. The predicted octanol–water partition coefficient (Wildman–Crippen LogP) is 2.39. The zero-order chi connectivity index (χ0) is 17.7. The van der Waals surface area contributed by atoms with Crippen molar-refractivity contribution in [3.63, 3.8) is 0 Å². The number of amides is 1. The molecule has 2 aromatic rings. The van der Waals surface area contributed by atoms with Gasteiger partial charge in [0.15, 0.2) is 10.8 Å². The number of nitrogens with one attached hydrogen (secondary N) is 2. The molecule has 132 valence electrons. The van der Waals surface area contributed by atoms with Gasteiger partial charge in [-0.05, 0) is 12.2 Å². The lowest BCUT2D eigenvalue weighted by Crippen LogP contribution is -2.30. The molecule has 0 atom stereocenters. The van der Waals surface area contributed by atoms with E-state index in [0.29, 0.717) is 24.2 Å². The van der Waals surface area contributed by atoms with E-state index in [1.165, 1.54) is 11.8 Å². The Hall–Kier alpha value is -1.83. The number of nitrogens with zero attached hydrogens (tertiary/aromatic N) is 4. The van der Waals surface area contributed by atoms with Crippen molar-refractivity contribution in [2.45, 2.75) is 39.4 Å². The first-order valence-corrected chi connectivity index (χ1v) is 9.44. The van der Waals surface area contributed by atoms with Crippen LogP contribution in [0.1, 0.15) is 27.7 Å². The average Bonchev–Trinajstić information content (AvgIpc) is 2.95. The van der Waals surface area contributed by atoms with Gasteiger partial charge in [-0.1, -0.05) is 39.5 Å². The van der Waals surface area contributed by atoms with Crippen molar-refractivity contribution in [3.8, 4) is 0 Å². The number of carbonyl (C=O) groups excluding carboxylic acids is 1. The third-order valence-electron chi connectivity index (χ3n) is 3.48. The zero-order valence-electron chi connectivity index (χ0n) is 15.0. The Kier molecular flexibility index (Phi) is 6.42. The molecule has 0 fully saturated rings. The molecule has 2 rings (SSSR count). The lowest BCUT2D eigenvalue weighted by molar-refractivity contribution is -0.124.